The van der Waals surface area contributed by atoms with Gasteiger partial charge in [0.25, 0.3) is 0 Å². The Balaban J connectivity index is 1.64. The van der Waals surface area contributed by atoms with Gasteiger partial charge in [-0.2, -0.15) is 4.98 Å². The van der Waals surface area contributed by atoms with Crippen LogP contribution in [0.5, 0.6) is 0 Å². The Labute approximate surface area is 211 Å². The summed E-state index contributed by atoms with van der Waals surface area (Å²) in [5.74, 6) is 0.891. The van der Waals surface area contributed by atoms with Crippen LogP contribution in [0.3, 0.4) is 0 Å². The summed E-state index contributed by atoms with van der Waals surface area (Å²) in [6.45, 7) is 9.27. The molecule has 36 heavy (non-hydrogen) atoms. The van der Waals surface area contributed by atoms with Crippen LogP contribution in [-0.4, -0.2) is 70.7 Å². The van der Waals surface area contributed by atoms with E-state index in [0.29, 0.717) is 43.6 Å². The van der Waals surface area contributed by atoms with Gasteiger partial charge in [-0.15, -0.1) is 0 Å². The van der Waals surface area contributed by atoms with Gasteiger partial charge in [0.1, 0.15) is 11.4 Å². The fourth-order valence-electron chi connectivity index (χ4n) is 4.25. The average molecular weight is 490 g/mol. The maximum absolute atomic E-state index is 11.3. The van der Waals surface area contributed by atoms with Crippen molar-refractivity contribution in [2.45, 2.75) is 39.3 Å². The summed E-state index contributed by atoms with van der Waals surface area (Å²) in [5.41, 5.74) is 8.61. The monoisotopic (exact) mass is 489 g/mol. The van der Waals surface area contributed by atoms with Gasteiger partial charge in [0.2, 0.25) is 11.9 Å². The summed E-state index contributed by atoms with van der Waals surface area (Å²) in [6, 6.07) is 10.3. The molecule has 0 bridgehead atoms. The highest BCUT2D eigenvalue weighted by Crippen LogP contribution is 2.30. The van der Waals surface area contributed by atoms with Crippen molar-refractivity contribution in [2.75, 3.05) is 48.3 Å². The number of carbonyl (C=O) groups excluding carboxylic acids is 1. The lowest BCUT2D eigenvalue weighted by Gasteiger charge is -2.34. The van der Waals surface area contributed by atoms with Gasteiger partial charge in [0.15, 0.2) is 5.82 Å². The molecule has 4 rings (SSSR count). The SMILES string of the molecule is CCC(C)Nc1c(C=N)nc(N2CCN(CC(N)=O)CC2)nc1N[C@H](C)c1cnc2ccccc2c1. The number of nitrogens with two attached hydrogens (primary N) is 1. The number of carbonyl (C=O) groups is 1. The van der Waals surface area contributed by atoms with Crippen LogP contribution in [0.15, 0.2) is 36.5 Å². The van der Waals surface area contributed by atoms with E-state index in [9.17, 15) is 4.79 Å². The van der Waals surface area contributed by atoms with E-state index in [1.54, 1.807) is 0 Å². The number of fused-ring (bicyclic) bond motifs is 1. The minimum atomic E-state index is -0.324. The molecule has 1 amide bonds. The van der Waals surface area contributed by atoms with Crippen molar-refractivity contribution in [3.63, 3.8) is 0 Å². The number of nitrogens with one attached hydrogen (secondary N) is 3. The molecular formula is C26H35N9O. The van der Waals surface area contributed by atoms with Crippen LogP contribution in [0.1, 0.15) is 44.5 Å². The summed E-state index contributed by atoms with van der Waals surface area (Å²) >= 11 is 0. The van der Waals surface area contributed by atoms with Gasteiger partial charge in [-0.05, 0) is 38.0 Å². The average Bonchev–Trinajstić information content (AvgIpc) is 2.89. The van der Waals surface area contributed by atoms with Crippen molar-refractivity contribution >= 4 is 40.5 Å². The van der Waals surface area contributed by atoms with Crippen LogP contribution in [0.2, 0.25) is 0 Å². The van der Waals surface area contributed by atoms with Crippen LogP contribution in [0.4, 0.5) is 17.5 Å². The van der Waals surface area contributed by atoms with E-state index in [4.69, 9.17) is 21.1 Å². The minimum absolute atomic E-state index is 0.0756. The second-order valence-electron chi connectivity index (χ2n) is 9.29. The first kappa shape index (κ1) is 25.3. The second-order valence-corrected chi connectivity index (χ2v) is 9.29. The molecule has 0 saturated carbocycles. The van der Waals surface area contributed by atoms with Crippen LogP contribution in [0.25, 0.3) is 10.9 Å². The molecule has 10 nitrogen and oxygen atoms in total. The molecule has 0 aliphatic carbocycles. The lowest BCUT2D eigenvalue weighted by atomic mass is 10.1. The molecule has 2 atom stereocenters. The first-order valence-corrected chi connectivity index (χ1v) is 12.4. The number of anilines is 3. The van der Waals surface area contributed by atoms with Gasteiger partial charge < -0.3 is 26.7 Å². The van der Waals surface area contributed by atoms with Crippen LogP contribution < -0.4 is 21.3 Å². The van der Waals surface area contributed by atoms with E-state index in [-0.39, 0.29) is 24.5 Å². The zero-order valence-electron chi connectivity index (χ0n) is 21.2. The van der Waals surface area contributed by atoms with Gasteiger partial charge in [-0.1, -0.05) is 25.1 Å². The smallest absolute Gasteiger partial charge is 0.231 e. The number of para-hydroxylation sites is 1. The first-order valence-electron chi connectivity index (χ1n) is 12.4. The molecule has 190 valence electrons. The number of hydrogen-bond donors (Lipinski definition) is 4. The Morgan fingerprint density at radius 1 is 1.17 bits per heavy atom. The predicted molar refractivity (Wildman–Crippen MR) is 145 cm³/mol. The van der Waals surface area contributed by atoms with Crippen molar-refractivity contribution < 1.29 is 4.79 Å². The summed E-state index contributed by atoms with van der Waals surface area (Å²) in [4.78, 5) is 29.6. The van der Waals surface area contributed by atoms with E-state index in [1.807, 2.05) is 29.3 Å². The molecule has 3 heterocycles. The van der Waals surface area contributed by atoms with Gasteiger partial charge in [0, 0.05) is 50.0 Å². The number of aromatic nitrogens is 3. The van der Waals surface area contributed by atoms with Crippen molar-refractivity contribution in [3.8, 4) is 0 Å². The molecule has 0 spiro atoms. The maximum Gasteiger partial charge on any atom is 0.231 e. The number of rotatable bonds is 10. The zero-order valence-corrected chi connectivity index (χ0v) is 21.2. The Morgan fingerprint density at radius 2 is 1.92 bits per heavy atom. The molecule has 3 aromatic rings. The molecule has 1 aliphatic heterocycles. The van der Waals surface area contributed by atoms with Gasteiger partial charge in [0.05, 0.1) is 18.1 Å². The normalized spacial score (nSPS) is 15.9. The molecule has 0 radical (unpaired) electrons. The molecule has 2 aromatic heterocycles. The van der Waals surface area contributed by atoms with E-state index in [2.05, 4.69) is 53.4 Å². The molecule has 1 aliphatic rings. The standard InChI is InChI=1S/C26H35N9O/c1-4-17(2)30-24-22(14-27)32-26(35-11-9-34(10-12-35)16-23(28)36)33-25(24)31-18(3)20-13-19-7-5-6-8-21(19)29-15-20/h5-8,13-15,17-18,27,30H,4,9-12,16H2,1-3H3,(H2,28,36)(H,31,32,33)/t17?,18-/m1/s1. The first-order chi connectivity index (χ1) is 17.4. The fraction of sp³-hybridized carbons (Fsp3) is 0.423. The minimum Gasteiger partial charge on any atom is -0.378 e. The molecule has 1 aromatic carbocycles. The lowest BCUT2D eigenvalue weighted by molar-refractivity contribution is -0.119. The summed E-state index contributed by atoms with van der Waals surface area (Å²) in [7, 11) is 0. The predicted octanol–water partition coefficient (Wildman–Crippen LogP) is 3.01. The lowest BCUT2D eigenvalue weighted by Crippen LogP contribution is -2.49. The Morgan fingerprint density at radius 3 is 2.61 bits per heavy atom. The Kier molecular flexibility index (Phi) is 7.94. The quantitative estimate of drug-likeness (QED) is 0.319. The van der Waals surface area contributed by atoms with Crippen LogP contribution >= 0.6 is 0 Å². The fourth-order valence-corrected chi connectivity index (χ4v) is 4.25. The largest absolute Gasteiger partial charge is 0.378 e. The Bertz CT molecular complexity index is 1220. The van der Waals surface area contributed by atoms with E-state index in [1.165, 1.54) is 6.21 Å². The second kappa shape index (κ2) is 11.3. The molecule has 10 heteroatoms. The highest BCUT2D eigenvalue weighted by molar-refractivity contribution is 5.89. The van der Waals surface area contributed by atoms with E-state index >= 15 is 0 Å². The van der Waals surface area contributed by atoms with Crippen LogP contribution in [0, 0.1) is 5.41 Å². The van der Waals surface area contributed by atoms with Gasteiger partial charge in [-0.25, -0.2) is 4.98 Å². The van der Waals surface area contributed by atoms with Crippen molar-refractivity contribution in [3.05, 3.63) is 47.8 Å². The number of pyridine rings is 1. The van der Waals surface area contributed by atoms with E-state index in [0.717, 1.165) is 28.6 Å². The van der Waals surface area contributed by atoms with Gasteiger partial charge >= 0.3 is 0 Å². The summed E-state index contributed by atoms with van der Waals surface area (Å²) in [5, 5.41) is 16.2. The number of nitrogens with zero attached hydrogens (tertiary/aromatic N) is 5. The molecule has 5 N–H and O–H groups in total. The maximum atomic E-state index is 11.3. The molecule has 1 unspecified atom stereocenters. The topological polar surface area (TPSA) is 136 Å². The molecule has 1 saturated heterocycles. The van der Waals surface area contributed by atoms with Crippen molar-refractivity contribution in [1.82, 2.24) is 19.9 Å². The summed E-state index contributed by atoms with van der Waals surface area (Å²) < 4.78 is 0. The highest BCUT2D eigenvalue weighted by Gasteiger charge is 2.24. The zero-order chi connectivity index (χ0) is 25.7. The molecular weight excluding hydrogens is 454 g/mol. The third-order valence-corrected chi connectivity index (χ3v) is 6.56. The third-order valence-electron chi connectivity index (χ3n) is 6.56. The highest BCUT2D eigenvalue weighted by atomic mass is 16.1. The van der Waals surface area contributed by atoms with Gasteiger partial charge in [-0.3, -0.25) is 14.7 Å². The Hall–Kier alpha value is -3.79. The third kappa shape index (κ3) is 5.88. The number of primary amides is 1. The summed E-state index contributed by atoms with van der Waals surface area (Å²) in [6.07, 6.45) is 4.08. The van der Waals surface area contributed by atoms with Crippen LogP contribution in [-0.2, 0) is 4.79 Å². The number of hydrogen-bond acceptors (Lipinski definition) is 9. The molecule has 1 fully saturated rings. The number of benzene rings is 1. The number of amides is 1. The van der Waals surface area contributed by atoms with Crippen molar-refractivity contribution in [2.24, 2.45) is 5.73 Å². The number of piperazine rings is 1. The van der Waals surface area contributed by atoms with E-state index < -0.39 is 0 Å². The van der Waals surface area contributed by atoms with Crippen molar-refractivity contribution in [1.29, 1.82) is 5.41 Å².